The van der Waals surface area contributed by atoms with Gasteiger partial charge in [-0.05, 0) is 37.3 Å². The van der Waals surface area contributed by atoms with Gasteiger partial charge in [-0.1, -0.05) is 31.5 Å². The molecule has 0 fully saturated rings. The smallest absolute Gasteiger partial charge is 0.242 e. The summed E-state index contributed by atoms with van der Waals surface area (Å²) >= 11 is 0. The molecule has 0 atom stereocenters. The van der Waals surface area contributed by atoms with Gasteiger partial charge in [-0.15, -0.1) is 10.2 Å². The zero-order chi connectivity index (χ0) is 15.8. The first-order valence-corrected chi connectivity index (χ1v) is 7.67. The molecule has 22 heavy (non-hydrogen) atoms. The molecular formula is C16H22FN5. The lowest BCUT2D eigenvalue weighted by atomic mass is 10.1. The van der Waals surface area contributed by atoms with Crippen LogP contribution < -0.4 is 11.1 Å². The Morgan fingerprint density at radius 2 is 1.95 bits per heavy atom. The molecule has 1 aromatic heterocycles. The molecule has 118 valence electrons. The first kappa shape index (κ1) is 16.1. The number of anilines is 2. The van der Waals surface area contributed by atoms with Gasteiger partial charge >= 0.3 is 0 Å². The Kier molecular flexibility index (Phi) is 6.06. The van der Waals surface area contributed by atoms with Gasteiger partial charge < -0.3 is 11.1 Å². The number of unbranched alkanes of at least 4 members (excludes halogenated alkanes) is 1. The van der Waals surface area contributed by atoms with E-state index in [9.17, 15) is 4.39 Å². The number of nitrogens with two attached hydrogens (primary N) is 1. The van der Waals surface area contributed by atoms with Crippen LogP contribution in [0.2, 0.25) is 0 Å². The average Bonchev–Trinajstić information content (AvgIpc) is 2.51. The summed E-state index contributed by atoms with van der Waals surface area (Å²) in [5, 5.41) is 11.2. The maximum atomic E-state index is 13.6. The van der Waals surface area contributed by atoms with Crippen molar-refractivity contribution in [2.24, 2.45) is 0 Å². The Bertz CT molecular complexity index is 603. The van der Waals surface area contributed by atoms with E-state index in [2.05, 4.69) is 27.4 Å². The van der Waals surface area contributed by atoms with Crippen LogP contribution >= 0.6 is 0 Å². The Balaban J connectivity index is 1.95. The zero-order valence-electron chi connectivity index (χ0n) is 12.8. The second kappa shape index (κ2) is 8.26. The topological polar surface area (TPSA) is 76.7 Å². The van der Waals surface area contributed by atoms with Gasteiger partial charge in [-0.3, -0.25) is 0 Å². The largest absolute Gasteiger partial charge is 0.368 e. The molecule has 3 N–H and O–H groups in total. The Morgan fingerprint density at radius 3 is 2.73 bits per heavy atom. The molecule has 5 nitrogen and oxygen atoms in total. The molecule has 2 rings (SSSR count). The van der Waals surface area contributed by atoms with Crippen molar-refractivity contribution in [1.29, 1.82) is 0 Å². The van der Waals surface area contributed by atoms with E-state index in [-0.39, 0.29) is 11.8 Å². The Morgan fingerprint density at radius 1 is 1.14 bits per heavy atom. The molecule has 1 heterocycles. The number of aryl methyl sites for hydroxylation is 2. The maximum Gasteiger partial charge on any atom is 0.242 e. The molecule has 0 spiro atoms. The predicted octanol–water partition coefficient (Wildman–Crippen LogP) is 2.98. The minimum absolute atomic E-state index is 0.162. The summed E-state index contributed by atoms with van der Waals surface area (Å²) in [5.74, 6) is 0.691. The molecule has 0 radical (unpaired) electrons. The SMILES string of the molecule is CCCCNc1nc(N)nnc1CCCc1ccccc1F. The van der Waals surface area contributed by atoms with E-state index in [1.165, 1.54) is 6.07 Å². The van der Waals surface area contributed by atoms with Gasteiger partial charge in [0, 0.05) is 6.54 Å². The molecular weight excluding hydrogens is 281 g/mol. The molecule has 0 unspecified atom stereocenters. The van der Waals surface area contributed by atoms with Crippen LogP contribution in [0.1, 0.15) is 37.4 Å². The van der Waals surface area contributed by atoms with Crippen molar-refractivity contribution < 1.29 is 4.39 Å². The molecule has 0 bridgehead atoms. The molecule has 0 saturated heterocycles. The maximum absolute atomic E-state index is 13.6. The first-order valence-electron chi connectivity index (χ1n) is 7.67. The fraction of sp³-hybridized carbons (Fsp3) is 0.438. The van der Waals surface area contributed by atoms with Crippen LogP contribution in [0.3, 0.4) is 0 Å². The number of rotatable bonds is 8. The van der Waals surface area contributed by atoms with Gasteiger partial charge in [0.15, 0.2) is 5.82 Å². The van der Waals surface area contributed by atoms with Crippen LogP contribution in [0.25, 0.3) is 0 Å². The third-order valence-electron chi connectivity index (χ3n) is 3.41. The standard InChI is InChI=1S/C16H22FN5/c1-2-3-11-19-15-14(21-22-16(18)20-15)10-6-8-12-7-4-5-9-13(12)17/h4-5,7,9H,2-3,6,8,10-11H2,1H3,(H3,18,19,20,22). The second-order valence-electron chi connectivity index (χ2n) is 5.19. The number of aromatic nitrogens is 3. The molecule has 0 aliphatic heterocycles. The van der Waals surface area contributed by atoms with Crippen LogP contribution in [-0.2, 0) is 12.8 Å². The summed E-state index contributed by atoms with van der Waals surface area (Å²) in [5.41, 5.74) is 7.10. The lowest BCUT2D eigenvalue weighted by Gasteiger charge is -2.10. The number of hydrogen-bond acceptors (Lipinski definition) is 5. The van der Waals surface area contributed by atoms with Gasteiger partial charge in [-0.2, -0.15) is 4.98 Å². The monoisotopic (exact) mass is 303 g/mol. The van der Waals surface area contributed by atoms with E-state index >= 15 is 0 Å². The summed E-state index contributed by atoms with van der Waals surface area (Å²) in [6.07, 6.45) is 4.28. The molecule has 0 aliphatic rings. The van der Waals surface area contributed by atoms with E-state index in [4.69, 9.17) is 5.73 Å². The minimum atomic E-state index is -0.162. The highest BCUT2D eigenvalue weighted by molar-refractivity contribution is 5.42. The van der Waals surface area contributed by atoms with Gasteiger partial charge in [0.2, 0.25) is 5.95 Å². The zero-order valence-corrected chi connectivity index (χ0v) is 12.8. The van der Waals surface area contributed by atoms with Gasteiger partial charge in [0.1, 0.15) is 11.5 Å². The molecule has 2 aromatic rings. The van der Waals surface area contributed by atoms with Crippen LogP contribution in [0.5, 0.6) is 0 Å². The normalized spacial score (nSPS) is 10.6. The number of hydrogen-bond donors (Lipinski definition) is 2. The molecule has 0 saturated carbocycles. The van der Waals surface area contributed by atoms with Gasteiger partial charge in [0.05, 0.1) is 0 Å². The van der Waals surface area contributed by atoms with E-state index in [1.807, 2.05) is 12.1 Å². The van der Waals surface area contributed by atoms with Crippen molar-refractivity contribution in [3.63, 3.8) is 0 Å². The van der Waals surface area contributed by atoms with Crippen molar-refractivity contribution in [2.75, 3.05) is 17.6 Å². The third-order valence-corrected chi connectivity index (χ3v) is 3.41. The molecule has 6 heteroatoms. The third kappa shape index (κ3) is 4.65. The molecule has 1 aromatic carbocycles. The highest BCUT2D eigenvalue weighted by Gasteiger charge is 2.08. The van der Waals surface area contributed by atoms with Crippen molar-refractivity contribution in [2.45, 2.75) is 39.0 Å². The second-order valence-corrected chi connectivity index (χ2v) is 5.19. The summed E-state index contributed by atoms with van der Waals surface area (Å²) < 4.78 is 13.6. The van der Waals surface area contributed by atoms with Crippen molar-refractivity contribution in [1.82, 2.24) is 15.2 Å². The number of nitrogen functional groups attached to an aromatic ring is 1. The summed E-state index contributed by atoms with van der Waals surface area (Å²) in [6, 6.07) is 6.84. The van der Waals surface area contributed by atoms with Crippen molar-refractivity contribution >= 4 is 11.8 Å². The van der Waals surface area contributed by atoms with Crippen LogP contribution in [0.4, 0.5) is 16.2 Å². The fourth-order valence-corrected chi connectivity index (χ4v) is 2.20. The van der Waals surface area contributed by atoms with E-state index in [0.29, 0.717) is 18.7 Å². The van der Waals surface area contributed by atoms with Gasteiger partial charge in [0.25, 0.3) is 0 Å². The van der Waals surface area contributed by atoms with Crippen molar-refractivity contribution in [3.05, 3.63) is 41.3 Å². The van der Waals surface area contributed by atoms with E-state index in [1.54, 1.807) is 6.07 Å². The molecule has 0 amide bonds. The highest BCUT2D eigenvalue weighted by atomic mass is 19.1. The average molecular weight is 303 g/mol. The highest BCUT2D eigenvalue weighted by Crippen LogP contribution is 2.15. The quantitative estimate of drug-likeness (QED) is 0.733. The number of nitrogens with zero attached hydrogens (tertiary/aromatic N) is 3. The fourth-order valence-electron chi connectivity index (χ4n) is 2.20. The predicted molar refractivity (Wildman–Crippen MR) is 86.1 cm³/mol. The lowest BCUT2D eigenvalue weighted by Crippen LogP contribution is -2.11. The molecule has 0 aliphatic carbocycles. The number of nitrogens with one attached hydrogen (secondary N) is 1. The van der Waals surface area contributed by atoms with Crippen LogP contribution in [0, 0.1) is 5.82 Å². The Hall–Kier alpha value is -2.24. The lowest BCUT2D eigenvalue weighted by molar-refractivity contribution is 0.603. The number of benzene rings is 1. The summed E-state index contributed by atoms with van der Waals surface area (Å²) in [7, 11) is 0. The summed E-state index contributed by atoms with van der Waals surface area (Å²) in [4.78, 5) is 4.21. The Labute approximate surface area is 130 Å². The number of halogens is 1. The van der Waals surface area contributed by atoms with Crippen LogP contribution in [0.15, 0.2) is 24.3 Å². The minimum Gasteiger partial charge on any atom is -0.368 e. The van der Waals surface area contributed by atoms with Gasteiger partial charge in [-0.25, -0.2) is 4.39 Å². The van der Waals surface area contributed by atoms with Crippen molar-refractivity contribution in [3.8, 4) is 0 Å². The van der Waals surface area contributed by atoms with E-state index in [0.717, 1.165) is 37.1 Å². The van der Waals surface area contributed by atoms with Crippen LogP contribution in [-0.4, -0.2) is 21.7 Å². The summed E-state index contributed by atoms with van der Waals surface area (Å²) in [6.45, 7) is 2.96. The van der Waals surface area contributed by atoms with E-state index < -0.39 is 0 Å². The first-order chi connectivity index (χ1) is 10.7.